The molecule has 1 fully saturated rings. The van der Waals surface area contributed by atoms with Gasteiger partial charge in [0.1, 0.15) is 0 Å². The highest BCUT2D eigenvalue weighted by molar-refractivity contribution is 5.05. The van der Waals surface area contributed by atoms with Gasteiger partial charge in [0.25, 0.3) is 0 Å². The van der Waals surface area contributed by atoms with E-state index >= 15 is 0 Å². The maximum atomic E-state index is 6.12. The van der Waals surface area contributed by atoms with E-state index in [1.165, 1.54) is 31.4 Å². The molecule has 114 valence electrons. The third-order valence-electron chi connectivity index (χ3n) is 5.30. The van der Waals surface area contributed by atoms with Crippen molar-refractivity contribution in [3.05, 3.63) is 18.0 Å². The Morgan fingerprint density at radius 2 is 2.00 bits per heavy atom. The van der Waals surface area contributed by atoms with Crippen molar-refractivity contribution in [2.45, 2.75) is 71.8 Å². The third-order valence-corrected chi connectivity index (χ3v) is 5.30. The summed E-state index contributed by atoms with van der Waals surface area (Å²) in [5.41, 5.74) is 7.65. The largest absolute Gasteiger partial charge is 0.330 e. The van der Waals surface area contributed by atoms with E-state index < -0.39 is 0 Å². The molecule has 0 aromatic carbocycles. The van der Waals surface area contributed by atoms with E-state index in [1.54, 1.807) is 0 Å². The molecule has 0 aliphatic heterocycles. The first-order valence-electron chi connectivity index (χ1n) is 8.36. The molecule has 1 aliphatic carbocycles. The first kappa shape index (κ1) is 15.6. The van der Waals surface area contributed by atoms with Crippen LogP contribution in [0.4, 0.5) is 0 Å². The average molecular weight is 277 g/mol. The Labute approximate surface area is 123 Å². The Balaban J connectivity index is 2.05. The van der Waals surface area contributed by atoms with Crippen molar-refractivity contribution in [3.8, 4) is 0 Å². The van der Waals surface area contributed by atoms with Crippen LogP contribution < -0.4 is 5.73 Å². The van der Waals surface area contributed by atoms with Gasteiger partial charge in [-0.05, 0) is 56.0 Å². The summed E-state index contributed by atoms with van der Waals surface area (Å²) < 4.78 is 2.16. The summed E-state index contributed by atoms with van der Waals surface area (Å²) in [6, 6.07) is 2.75. The Morgan fingerprint density at radius 3 is 2.55 bits per heavy atom. The zero-order valence-corrected chi connectivity index (χ0v) is 13.4. The van der Waals surface area contributed by atoms with Crippen molar-refractivity contribution in [2.75, 3.05) is 6.54 Å². The maximum absolute atomic E-state index is 6.12. The van der Waals surface area contributed by atoms with Crippen LogP contribution in [0.2, 0.25) is 0 Å². The zero-order chi connectivity index (χ0) is 14.6. The van der Waals surface area contributed by atoms with Crippen molar-refractivity contribution in [1.82, 2.24) is 9.78 Å². The molecule has 0 atom stereocenters. The highest BCUT2D eigenvalue weighted by Gasteiger charge is 2.33. The standard InChI is InChI=1S/C17H31N3/c1-4-16(5-2)20-11-8-15(19-20)12-17(13-18)9-6-14(3)7-10-17/h8,11,14,16H,4-7,9-10,12-13,18H2,1-3H3. The molecule has 20 heavy (non-hydrogen) atoms. The predicted octanol–water partition coefficient (Wildman–Crippen LogP) is 3.94. The normalized spacial score (nSPS) is 27.1. The van der Waals surface area contributed by atoms with Crippen molar-refractivity contribution in [2.24, 2.45) is 17.1 Å². The van der Waals surface area contributed by atoms with Crippen molar-refractivity contribution < 1.29 is 0 Å². The monoisotopic (exact) mass is 277 g/mol. The van der Waals surface area contributed by atoms with E-state index in [0.29, 0.717) is 11.5 Å². The van der Waals surface area contributed by atoms with Crippen LogP contribution in [0.5, 0.6) is 0 Å². The van der Waals surface area contributed by atoms with E-state index in [2.05, 4.69) is 37.7 Å². The van der Waals surface area contributed by atoms with Crippen LogP contribution in [0.25, 0.3) is 0 Å². The lowest BCUT2D eigenvalue weighted by atomic mass is 9.68. The molecule has 0 saturated heterocycles. The van der Waals surface area contributed by atoms with Gasteiger partial charge in [-0.15, -0.1) is 0 Å². The summed E-state index contributed by atoms with van der Waals surface area (Å²) in [6.07, 6.45) is 10.7. The Morgan fingerprint density at radius 1 is 1.35 bits per heavy atom. The Hall–Kier alpha value is -0.830. The van der Waals surface area contributed by atoms with E-state index in [0.717, 1.165) is 31.7 Å². The first-order chi connectivity index (χ1) is 9.62. The summed E-state index contributed by atoms with van der Waals surface area (Å²) in [5.74, 6) is 0.872. The number of aromatic nitrogens is 2. The van der Waals surface area contributed by atoms with Gasteiger partial charge in [0.05, 0.1) is 11.7 Å². The molecule has 0 spiro atoms. The smallest absolute Gasteiger partial charge is 0.0630 e. The van der Waals surface area contributed by atoms with Crippen LogP contribution >= 0.6 is 0 Å². The summed E-state index contributed by atoms with van der Waals surface area (Å²) in [7, 11) is 0. The molecule has 1 saturated carbocycles. The SMILES string of the molecule is CCC(CC)n1ccc(CC2(CN)CCC(C)CC2)n1. The molecule has 0 radical (unpaired) electrons. The Kier molecular flexibility index (Phi) is 5.25. The number of rotatable bonds is 6. The van der Waals surface area contributed by atoms with Gasteiger partial charge in [-0.2, -0.15) is 5.10 Å². The molecule has 1 aromatic rings. The number of hydrogen-bond donors (Lipinski definition) is 1. The van der Waals surface area contributed by atoms with Crippen molar-refractivity contribution >= 4 is 0 Å². The van der Waals surface area contributed by atoms with Gasteiger partial charge >= 0.3 is 0 Å². The maximum Gasteiger partial charge on any atom is 0.0630 e. The second kappa shape index (κ2) is 6.75. The molecule has 0 amide bonds. The highest BCUT2D eigenvalue weighted by atomic mass is 15.3. The lowest BCUT2D eigenvalue weighted by Crippen LogP contribution is -2.36. The lowest BCUT2D eigenvalue weighted by Gasteiger charge is -2.38. The lowest BCUT2D eigenvalue weighted by molar-refractivity contribution is 0.161. The van der Waals surface area contributed by atoms with Gasteiger partial charge in [0.2, 0.25) is 0 Å². The number of nitrogens with two attached hydrogens (primary N) is 1. The number of nitrogens with zero attached hydrogens (tertiary/aromatic N) is 2. The van der Waals surface area contributed by atoms with Crippen LogP contribution in [-0.2, 0) is 6.42 Å². The third kappa shape index (κ3) is 3.43. The van der Waals surface area contributed by atoms with Gasteiger partial charge in [0, 0.05) is 6.20 Å². The molecule has 2 rings (SSSR count). The van der Waals surface area contributed by atoms with E-state index in [4.69, 9.17) is 10.8 Å². The molecular formula is C17H31N3. The minimum atomic E-state index is 0.305. The van der Waals surface area contributed by atoms with E-state index in [-0.39, 0.29) is 0 Å². The molecule has 3 nitrogen and oxygen atoms in total. The van der Waals surface area contributed by atoms with Gasteiger partial charge in [0.15, 0.2) is 0 Å². The second-order valence-corrected chi connectivity index (χ2v) is 6.82. The van der Waals surface area contributed by atoms with Gasteiger partial charge in [-0.25, -0.2) is 0 Å². The average Bonchev–Trinajstić information content (AvgIpc) is 2.91. The molecule has 1 heterocycles. The second-order valence-electron chi connectivity index (χ2n) is 6.82. The van der Waals surface area contributed by atoms with Crippen LogP contribution in [-0.4, -0.2) is 16.3 Å². The molecule has 1 aromatic heterocycles. The molecular weight excluding hydrogens is 246 g/mol. The van der Waals surface area contributed by atoms with Crippen LogP contribution in [0.3, 0.4) is 0 Å². The zero-order valence-electron chi connectivity index (χ0n) is 13.4. The first-order valence-corrected chi connectivity index (χ1v) is 8.36. The molecule has 0 bridgehead atoms. The fourth-order valence-electron chi connectivity index (χ4n) is 3.55. The van der Waals surface area contributed by atoms with Crippen LogP contribution in [0.1, 0.15) is 71.0 Å². The topological polar surface area (TPSA) is 43.8 Å². The van der Waals surface area contributed by atoms with Crippen molar-refractivity contribution in [3.63, 3.8) is 0 Å². The summed E-state index contributed by atoms with van der Waals surface area (Å²) in [5, 5.41) is 4.82. The summed E-state index contributed by atoms with van der Waals surface area (Å²) >= 11 is 0. The predicted molar refractivity (Wildman–Crippen MR) is 84.7 cm³/mol. The molecule has 0 unspecified atom stereocenters. The van der Waals surface area contributed by atoms with Gasteiger partial charge < -0.3 is 5.73 Å². The van der Waals surface area contributed by atoms with E-state index in [9.17, 15) is 0 Å². The van der Waals surface area contributed by atoms with Crippen LogP contribution in [0.15, 0.2) is 12.3 Å². The quantitative estimate of drug-likeness (QED) is 0.856. The minimum Gasteiger partial charge on any atom is -0.330 e. The molecule has 1 aliphatic rings. The summed E-state index contributed by atoms with van der Waals surface area (Å²) in [6.45, 7) is 7.64. The fraction of sp³-hybridized carbons (Fsp3) is 0.824. The van der Waals surface area contributed by atoms with Crippen molar-refractivity contribution in [1.29, 1.82) is 0 Å². The van der Waals surface area contributed by atoms with Gasteiger partial charge in [-0.3, -0.25) is 4.68 Å². The minimum absolute atomic E-state index is 0.305. The van der Waals surface area contributed by atoms with Crippen LogP contribution in [0, 0.1) is 11.3 Å². The summed E-state index contributed by atoms with van der Waals surface area (Å²) in [4.78, 5) is 0. The Bertz CT molecular complexity index is 398. The van der Waals surface area contributed by atoms with Gasteiger partial charge in [-0.1, -0.05) is 33.6 Å². The fourth-order valence-corrected chi connectivity index (χ4v) is 3.55. The number of hydrogen-bond acceptors (Lipinski definition) is 2. The molecule has 3 heteroatoms. The van der Waals surface area contributed by atoms with E-state index in [1.807, 2.05) is 0 Å². The highest BCUT2D eigenvalue weighted by Crippen LogP contribution is 2.40. The molecule has 2 N–H and O–H groups in total.